The molecule has 2 saturated heterocycles. The number of hydrogen-bond donors (Lipinski definition) is 0. The van der Waals surface area contributed by atoms with Crippen LogP contribution in [0.5, 0.6) is 0 Å². The fourth-order valence-corrected chi connectivity index (χ4v) is 3.70. The van der Waals surface area contributed by atoms with Gasteiger partial charge in [0.15, 0.2) is 0 Å². The van der Waals surface area contributed by atoms with Crippen molar-refractivity contribution < 1.29 is 4.74 Å². The number of halogens is 1. The predicted molar refractivity (Wildman–Crippen MR) is 92.1 cm³/mol. The van der Waals surface area contributed by atoms with Crippen LogP contribution < -0.4 is 0 Å². The highest BCUT2D eigenvalue weighted by atomic mass is 35.5. The van der Waals surface area contributed by atoms with Crippen LogP contribution in [0.4, 0.5) is 0 Å². The summed E-state index contributed by atoms with van der Waals surface area (Å²) in [5.41, 5.74) is 1.18. The van der Waals surface area contributed by atoms with E-state index in [-0.39, 0.29) is 0 Å². The lowest BCUT2D eigenvalue weighted by atomic mass is 10.0. The zero-order valence-corrected chi connectivity index (χ0v) is 13.8. The van der Waals surface area contributed by atoms with E-state index in [2.05, 4.69) is 28.0 Å². The number of ether oxygens (including phenoxy) is 1. The first-order chi connectivity index (χ1) is 10.8. The van der Waals surface area contributed by atoms with Gasteiger partial charge < -0.3 is 4.74 Å². The van der Waals surface area contributed by atoms with Crippen molar-refractivity contribution in [3.8, 4) is 0 Å². The van der Waals surface area contributed by atoms with Gasteiger partial charge in [0.05, 0.1) is 13.2 Å². The third kappa shape index (κ3) is 4.56. The van der Waals surface area contributed by atoms with E-state index in [0.717, 1.165) is 51.0 Å². The Bertz CT molecular complexity index is 485. The first-order valence-electron chi connectivity index (χ1n) is 8.26. The molecule has 2 aliphatic rings. The maximum Gasteiger partial charge on any atom is 0.0594 e. The number of likely N-dealkylation sites (tertiary alicyclic amines) is 1. The van der Waals surface area contributed by atoms with Gasteiger partial charge in [-0.3, -0.25) is 9.80 Å². The van der Waals surface area contributed by atoms with Crippen LogP contribution in [0.25, 0.3) is 6.08 Å². The van der Waals surface area contributed by atoms with Crippen LogP contribution in [-0.4, -0.2) is 61.8 Å². The van der Waals surface area contributed by atoms with E-state index in [1.807, 2.05) is 18.2 Å². The zero-order chi connectivity index (χ0) is 15.2. The van der Waals surface area contributed by atoms with Gasteiger partial charge in [0, 0.05) is 37.3 Å². The molecule has 0 amide bonds. The normalized spacial score (nSPS) is 25.3. The van der Waals surface area contributed by atoms with Crippen molar-refractivity contribution in [1.82, 2.24) is 9.80 Å². The molecule has 1 aromatic rings. The van der Waals surface area contributed by atoms with Crippen molar-refractivity contribution in [2.24, 2.45) is 0 Å². The van der Waals surface area contributed by atoms with E-state index in [1.165, 1.54) is 18.4 Å². The second-order valence-corrected chi connectivity index (χ2v) is 6.67. The second kappa shape index (κ2) is 8.11. The van der Waals surface area contributed by atoms with Crippen LogP contribution in [0.3, 0.4) is 0 Å². The van der Waals surface area contributed by atoms with Gasteiger partial charge in [0.2, 0.25) is 0 Å². The van der Waals surface area contributed by atoms with E-state index in [9.17, 15) is 0 Å². The summed E-state index contributed by atoms with van der Waals surface area (Å²) in [5, 5.41) is 0.925. The lowest BCUT2D eigenvalue weighted by Gasteiger charge is -2.40. The van der Waals surface area contributed by atoms with E-state index >= 15 is 0 Å². The Morgan fingerprint density at radius 1 is 1.18 bits per heavy atom. The molecule has 22 heavy (non-hydrogen) atoms. The van der Waals surface area contributed by atoms with Crippen molar-refractivity contribution >= 4 is 17.7 Å². The fourth-order valence-electron chi connectivity index (χ4n) is 3.40. The first-order valence-corrected chi connectivity index (χ1v) is 8.64. The summed E-state index contributed by atoms with van der Waals surface area (Å²) in [7, 11) is 0. The van der Waals surface area contributed by atoms with Crippen LogP contribution in [0.2, 0.25) is 0 Å². The number of nitrogens with zero attached hydrogens (tertiary/aromatic N) is 2. The van der Waals surface area contributed by atoms with Crippen LogP contribution in [0, 0.1) is 0 Å². The summed E-state index contributed by atoms with van der Waals surface area (Å²) in [6, 6.07) is 11.0. The molecule has 0 bridgehead atoms. The van der Waals surface area contributed by atoms with Crippen LogP contribution in [-0.2, 0) is 4.74 Å². The third-order valence-corrected chi connectivity index (χ3v) is 4.77. The Balaban J connectivity index is 1.54. The number of rotatable bonds is 4. The molecular weight excluding hydrogens is 296 g/mol. The lowest BCUT2D eigenvalue weighted by molar-refractivity contribution is -0.00128. The highest BCUT2D eigenvalue weighted by molar-refractivity contribution is 6.31. The van der Waals surface area contributed by atoms with Gasteiger partial charge >= 0.3 is 0 Å². The second-order valence-electron chi connectivity index (χ2n) is 6.18. The predicted octanol–water partition coefficient (Wildman–Crippen LogP) is 3.06. The highest BCUT2D eigenvalue weighted by Gasteiger charge is 2.26. The van der Waals surface area contributed by atoms with Gasteiger partial charge in [0.1, 0.15) is 0 Å². The van der Waals surface area contributed by atoms with Crippen molar-refractivity contribution in [2.75, 3.05) is 45.9 Å². The van der Waals surface area contributed by atoms with Crippen molar-refractivity contribution in [2.45, 2.75) is 18.9 Å². The molecule has 0 saturated carbocycles. The molecule has 1 aromatic carbocycles. The number of morpholine rings is 1. The number of piperidine rings is 1. The fraction of sp³-hybridized carbons (Fsp3) is 0.556. The lowest BCUT2D eigenvalue weighted by Crippen LogP contribution is -2.51. The quantitative estimate of drug-likeness (QED) is 0.848. The Labute approximate surface area is 138 Å². The van der Waals surface area contributed by atoms with E-state index < -0.39 is 0 Å². The molecule has 120 valence electrons. The maximum absolute atomic E-state index is 6.47. The van der Waals surface area contributed by atoms with Gasteiger partial charge in [-0.05, 0) is 31.0 Å². The SMILES string of the molecule is Cl/C(=C\c1ccccc1)CN1CCCC(N2CCOCC2)C1. The summed E-state index contributed by atoms with van der Waals surface area (Å²) < 4.78 is 5.46. The molecule has 2 heterocycles. The molecular formula is C18H25ClN2O. The Kier molecular flexibility index (Phi) is 5.90. The van der Waals surface area contributed by atoms with E-state index in [1.54, 1.807) is 0 Å². The molecule has 0 spiro atoms. The van der Waals surface area contributed by atoms with Crippen molar-refractivity contribution in [1.29, 1.82) is 0 Å². The zero-order valence-electron chi connectivity index (χ0n) is 13.1. The van der Waals surface area contributed by atoms with Gasteiger partial charge in [0.25, 0.3) is 0 Å². The van der Waals surface area contributed by atoms with Crippen LogP contribution >= 0.6 is 11.6 Å². The summed E-state index contributed by atoms with van der Waals surface area (Å²) >= 11 is 6.47. The smallest absolute Gasteiger partial charge is 0.0594 e. The molecule has 3 rings (SSSR count). The van der Waals surface area contributed by atoms with Crippen molar-refractivity contribution in [3.63, 3.8) is 0 Å². The minimum atomic E-state index is 0.666. The minimum Gasteiger partial charge on any atom is -0.379 e. The topological polar surface area (TPSA) is 15.7 Å². The van der Waals surface area contributed by atoms with E-state index in [0.29, 0.717) is 6.04 Å². The average molecular weight is 321 g/mol. The summed E-state index contributed by atoms with van der Waals surface area (Å²) in [5.74, 6) is 0. The van der Waals surface area contributed by atoms with Crippen molar-refractivity contribution in [3.05, 3.63) is 40.9 Å². The van der Waals surface area contributed by atoms with Crippen LogP contribution in [0.15, 0.2) is 35.4 Å². The van der Waals surface area contributed by atoms with Crippen LogP contribution in [0.1, 0.15) is 18.4 Å². The maximum atomic E-state index is 6.47. The number of hydrogen-bond acceptors (Lipinski definition) is 3. The van der Waals surface area contributed by atoms with Gasteiger partial charge in [-0.1, -0.05) is 41.9 Å². The molecule has 1 atom stereocenters. The molecule has 3 nitrogen and oxygen atoms in total. The van der Waals surface area contributed by atoms with Gasteiger partial charge in [-0.15, -0.1) is 0 Å². The number of benzene rings is 1. The monoisotopic (exact) mass is 320 g/mol. The third-order valence-electron chi connectivity index (χ3n) is 4.54. The molecule has 0 aliphatic carbocycles. The first kappa shape index (κ1) is 16.0. The minimum absolute atomic E-state index is 0.666. The molecule has 0 N–H and O–H groups in total. The summed E-state index contributed by atoms with van der Waals surface area (Å²) in [4.78, 5) is 5.08. The Morgan fingerprint density at radius 3 is 2.73 bits per heavy atom. The average Bonchev–Trinajstić information content (AvgIpc) is 2.57. The Morgan fingerprint density at radius 2 is 1.95 bits per heavy atom. The molecule has 0 radical (unpaired) electrons. The molecule has 2 fully saturated rings. The van der Waals surface area contributed by atoms with E-state index in [4.69, 9.17) is 16.3 Å². The Hall–Kier alpha value is -0.870. The molecule has 2 aliphatic heterocycles. The largest absolute Gasteiger partial charge is 0.379 e. The summed E-state index contributed by atoms with van der Waals surface area (Å²) in [6.45, 7) is 7.05. The molecule has 0 aromatic heterocycles. The molecule has 4 heteroatoms. The summed E-state index contributed by atoms with van der Waals surface area (Å²) in [6.07, 6.45) is 4.65. The molecule has 1 unspecified atom stereocenters. The van der Waals surface area contributed by atoms with Gasteiger partial charge in [-0.25, -0.2) is 0 Å². The standard InChI is InChI=1S/C18H25ClN2O/c19-17(13-16-5-2-1-3-6-16)14-20-8-4-7-18(15-20)21-9-11-22-12-10-21/h1-3,5-6,13,18H,4,7-12,14-15H2/b17-13-. The van der Waals surface area contributed by atoms with Gasteiger partial charge in [-0.2, -0.15) is 0 Å². The highest BCUT2D eigenvalue weighted by Crippen LogP contribution is 2.20.